The van der Waals surface area contributed by atoms with E-state index in [2.05, 4.69) is 11.8 Å². The van der Waals surface area contributed by atoms with Gasteiger partial charge in [-0.2, -0.15) is 0 Å². The fourth-order valence-corrected chi connectivity index (χ4v) is 3.33. The fraction of sp³-hybridized carbons (Fsp3) is 0.600. The third-order valence-corrected chi connectivity index (χ3v) is 4.33. The van der Waals surface area contributed by atoms with Gasteiger partial charge in [0.05, 0.1) is 0 Å². The number of halogens is 2. The summed E-state index contributed by atoms with van der Waals surface area (Å²) in [6.07, 6.45) is 3.72. The van der Waals surface area contributed by atoms with Crippen LogP contribution in [0, 0.1) is 11.7 Å². The molecule has 1 aliphatic rings. The van der Waals surface area contributed by atoms with E-state index in [0.717, 1.165) is 24.6 Å². The zero-order valence-electron chi connectivity index (χ0n) is 11.4. The lowest BCUT2D eigenvalue weighted by Crippen LogP contribution is -2.32. The first-order valence-corrected chi connectivity index (χ1v) is 7.42. The van der Waals surface area contributed by atoms with Crippen molar-refractivity contribution in [2.75, 3.05) is 19.6 Å². The summed E-state index contributed by atoms with van der Waals surface area (Å²) in [4.78, 5) is 2.39. The van der Waals surface area contributed by atoms with Crippen LogP contribution >= 0.6 is 11.6 Å². The van der Waals surface area contributed by atoms with Gasteiger partial charge in [-0.3, -0.25) is 4.90 Å². The van der Waals surface area contributed by atoms with Crippen LogP contribution in [0.5, 0.6) is 0 Å². The van der Waals surface area contributed by atoms with Gasteiger partial charge in [0.2, 0.25) is 0 Å². The molecule has 2 nitrogen and oxygen atoms in total. The maximum absolute atomic E-state index is 13.1. The van der Waals surface area contributed by atoms with E-state index in [-0.39, 0.29) is 11.9 Å². The Bertz CT molecular complexity index is 425. The molecular weight excluding hydrogens is 263 g/mol. The van der Waals surface area contributed by atoms with Crippen molar-refractivity contribution in [3.8, 4) is 0 Å². The van der Waals surface area contributed by atoms with Crippen LogP contribution in [0.3, 0.4) is 0 Å². The summed E-state index contributed by atoms with van der Waals surface area (Å²) in [7, 11) is 0. The number of hydrogen-bond donors (Lipinski definition) is 1. The minimum absolute atomic E-state index is 0.106. The SMILES string of the molecule is CCCC1CCN(C(CN)c2ccc(F)cc2Cl)C1. The van der Waals surface area contributed by atoms with Crippen molar-refractivity contribution in [2.45, 2.75) is 32.2 Å². The van der Waals surface area contributed by atoms with E-state index < -0.39 is 0 Å². The van der Waals surface area contributed by atoms with Gasteiger partial charge in [-0.1, -0.05) is 31.0 Å². The molecular formula is C15H22ClFN2. The van der Waals surface area contributed by atoms with Crippen molar-refractivity contribution < 1.29 is 4.39 Å². The maximum Gasteiger partial charge on any atom is 0.124 e. The first-order chi connectivity index (χ1) is 9.15. The second-order valence-electron chi connectivity index (χ2n) is 5.36. The molecule has 0 radical (unpaired) electrons. The highest BCUT2D eigenvalue weighted by Crippen LogP contribution is 2.32. The van der Waals surface area contributed by atoms with Crippen molar-refractivity contribution >= 4 is 11.6 Å². The Morgan fingerprint density at radius 3 is 2.95 bits per heavy atom. The first kappa shape index (κ1) is 14.8. The molecule has 1 fully saturated rings. The third-order valence-electron chi connectivity index (χ3n) is 4.00. The lowest BCUT2D eigenvalue weighted by atomic mass is 10.0. The maximum atomic E-state index is 13.1. The molecule has 0 bridgehead atoms. The fourth-order valence-electron chi connectivity index (χ4n) is 3.03. The van der Waals surface area contributed by atoms with Gasteiger partial charge in [0.1, 0.15) is 5.82 Å². The van der Waals surface area contributed by atoms with E-state index in [0.29, 0.717) is 11.6 Å². The quantitative estimate of drug-likeness (QED) is 0.895. The van der Waals surface area contributed by atoms with Gasteiger partial charge in [0.25, 0.3) is 0 Å². The molecule has 4 heteroatoms. The summed E-state index contributed by atoms with van der Waals surface area (Å²) in [5.74, 6) is 0.466. The average Bonchev–Trinajstić information content (AvgIpc) is 2.82. The molecule has 2 rings (SSSR count). The molecule has 0 amide bonds. The van der Waals surface area contributed by atoms with Gasteiger partial charge in [-0.25, -0.2) is 4.39 Å². The topological polar surface area (TPSA) is 29.3 Å². The lowest BCUT2D eigenvalue weighted by molar-refractivity contribution is 0.239. The molecule has 0 spiro atoms. The van der Waals surface area contributed by atoms with Crippen molar-refractivity contribution in [2.24, 2.45) is 11.7 Å². The summed E-state index contributed by atoms with van der Waals surface area (Å²) in [5.41, 5.74) is 6.86. The number of nitrogens with zero attached hydrogens (tertiary/aromatic N) is 1. The minimum atomic E-state index is -0.296. The Labute approximate surface area is 119 Å². The molecule has 2 atom stereocenters. The van der Waals surface area contributed by atoms with Crippen molar-refractivity contribution in [1.29, 1.82) is 0 Å². The molecule has 2 unspecified atom stereocenters. The van der Waals surface area contributed by atoms with Gasteiger partial charge in [-0.05, 0) is 43.0 Å². The van der Waals surface area contributed by atoms with E-state index in [1.54, 1.807) is 6.07 Å². The molecule has 0 saturated carbocycles. The lowest BCUT2D eigenvalue weighted by Gasteiger charge is -2.28. The highest BCUT2D eigenvalue weighted by atomic mass is 35.5. The van der Waals surface area contributed by atoms with Crippen molar-refractivity contribution in [3.63, 3.8) is 0 Å². The number of rotatable bonds is 5. The van der Waals surface area contributed by atoms with E-state index in [4.69, 9.17) is 17.3 Å². The number of benzene rings is 1. The molecule has 2 N–H and O–H groups in total. The summed E-state index contributed by atoms with van der Waals surface area (Å²) in [6.45, 7) is 4.87. The Morgan fingerprint density at radius 2 is 2.32 bits per heavy atom. The van der Waals surface area contributed by atoms with E-state index >= 15 is 0 Å². The Hall–Kier alpha value is -0.640. The number of nitrogens with two attached hydrogens (primary N) is 1. The minimum Gasteiger partial charge on any atom is -0.329 e. The van der Waals surface area contributed by atoms with Crippen LogP contribution in [0.15, 0.2) is 18.2 Å². The molecule has 1 aliphatic heterocycles. The van der Waals surface area contributed by atoms with Gasteiger partial charge < -0.3 is 5.73 Å². The second kappa shape index (κ2) is 6.69. The standard InChI is InChI=1S/C15H22ClFN2/c1-2-3-11-6-7-19(10-11)15(9-18)13-5-4-12(17)8-14(13)16/h4-5,8,11,15H,2-3,6-7,9-10,18H2,1H3. The summed E-state index contributed by atoms with van der Waals surface area (Å²) >= 11 is 6.16. The summed E-state index contributed by atoms with van der Waals surface area (Å²) < 4.78 is 13.1. The second-order valence-corrected chi connectivity index (χ2v) is 5.76. The zero-order chi connectivity index (χ0) is 13.8. The van der Waals surface area contributed by atoms with Crippen LogP contribution < -0.4 is 5.73 Å². The van der Waals surface area contributed by atoms with Crippen LogP contribution in [0.1, 0.15) is 37.8 Å². The predicted octanol–water partition coefficient (Wildman–Crippen LogP) is 3.60. The summed E-state index contributed by atoms with van der Waals surface area (Å²) in [6, 6.07) is 4.71. The van der Waals surface area contributed by atoms with Gasteiger partial charge in [0.15, 0.2) is 0 Å². The zero-order valence-corrected chi connectivity index (χ0v) is 12.2. The Balaban J connectivity index is 2.12. The highest BCUT2D eigenvalue weighted by molar-refractivity contribution is 6.31. The van der Waals surface area contributed by atoms with Crippen LogP contribution in [0.4, 0.5) is 4.39 Å². The van der Waals surface area contributed by atoms with Gasteiger partial charge in [-0.15, -0.1) is 0 Å². The first-order valence-electron chi connectivity index (χ1n) is 7.04. The summed E-state index contributed by atoms with van der Waals surface area (Å²) in [5, 5.41) is 0.481. The third kappa shape index (κ3) is 3.47. The Morgan fingerprint density at radius 1 is 1.53 bits per heavy atom. The van der Waals surface area contributed by atoms with Crippen molar-refractivity contribution in [1.82, 2.24) is 4.90 Å². The van der Waals surface area contributed by atoms with Gasteiger partial charge >= 0.3 is 0 Å². The molecule has 0 aliphatic carbocycles. The van der Waals surface area contributed by atoms with Crippen LogP contribution in [0.2, 0.25) is 5.02 Å². The van der Waals surface area contributed by atoms with E-state index in [9.17, 15) is 4.39 Å². The average molecular weight is 285 g/mol. The highest BCUT2D eigenvalue weighted by Gasteiger charge is 2.28. The molecule has 1 aromatic carbocycles. The van der Waals surface area contributed by atoms with Crippen LogP contribution in [0.25, 0.3) is 0 Å². The Kier molecular flexibility index (Phi) is 5.20. The smallest absolute Gasteiger partial charge is 0.124 e. The monoisotopic (exact) mass is 284 g/mol. The van der Waals surface area contributed by atoms with Gasteiger partial charge in [0, 0.05) is 24.2 Å². The molecule has 1 saturated heterocycles. The molecule has 1 aromatic rings. The van der Waals surface area contributed by atoms with E-state index in [1.165, 1.54) is 31.4 Å². The van der Waals surface area contributed by atoms with Crippen molar-refractivity contribution in [3.05, 3.63) is 34.6 Å². The molecule has 19 heavy (non-hydrogen) atoms. The van der Waals surface area contributed by atoms with E-state index in [1.807, 2.05) is 0 Å². The van der Waals surface area contributed by atoms with Crippen LogP contribution in [-0.2, 0) is 0 Å². The number of likely N-dealkylation sites (tertiary alicyclic amines) is 1. The molecule has 1 heterocycles. The van der Waals surface area contributed by atoms with Crippen LogP contribution in [-0.4, -0.2) is 24.5 Å². The largest absolute Gasteiger partial charge is 0.329 e. The number of hydrogen-bond acceptors (Lipinski definition) is 2. The predicted molar refractivity (Wildman–Crippen MR) is 77.8 cm³/mol. The molecule has 106 valence electrons. The normalized spacial score (nSPS) is 21.8. The molecule has 0 aromatic heterocycles.